The van der Waals surface area contributed by atoms with Gasteiger partial charge in [-0.05, 0) is 44.0 Å². The van der Waals surface area contributed by atoms with Crippen LogP contribution in [0.15, 0.2) is 24.3 Å². The van der Waals surface area contributed by atoms with Crippen LogP contribution in [0.2, 0.25) is 0 Å². The topological polar surface area (TPSA) is 95.6 Å². The van der Waals surface area contributed by atoms with Crippen molar-refractivity contribution in [2.75, 3.05) is 11.5 Å². The maximum absolute atomic E-state index is 5.80. The molecule has 4 N–H and O–H groups in total. The lowest BCUT2D eigenvalue weighted by Crippen LogP contribution is -2.09. The van der Waals surface area contributed by atoms with Crippen molar-refractivity contribution in [3.63, 3.8) is 0 Å². The van der Waals surface area contributed by atoms with Crippen molar-refractivity contribution in [1.82, 2.24) is 19.5 Å². The number of rotatable bonds is 4. The third kappa shape index (κ3) is 2.72. The molecule has 0 atom stereocenters. The SMILES string of the molecule is CCC(CC)n1c(C)nc2ccc(-c3cc(N)nc(N)c3)nc21. The molecule has 0 unspecified atom stereocenters. The summed E-state index contributed by atoms with van der Waals surface area (Å²) < 4.78 is 2.23. The fourth-order valence-corrected chi connectivity index (χ4v) is 3.06. The van der Waals surface area contributed by atoms with Crippen molar-refractivity contribution >= 4 is 22.8 Å². The average Bonchev–Trinajstić information content (AvgIpc) is 2.83. The maximum atomic E-state index is 5.80. The first-order chi connectivity index (χ1) is 11.0. The molecule has 0 fully saturated rings. The Morgan fingerprint density at radius 1 is 1.00 bits per heavy atom. The molecule has 3 rings (SSSR count). The Balaban J connectivity index is 2.19. The van der Waals surface area contributed by atoms with Gasteiger partial charge in [-0.25, -0.2) is 15.0 Å². The van der Waals surface area contributed by atoms with Crippen molar-refractivity contribution in [2.24, 2.45) is 0 Å². The van der Waals surface area contributed by atoms with Gasteiger partial charge in [-0.15, -0.1) is 0 Å². The molecule has 0 saturated heterocycles. The van der Waals surface area contributed by atoms with E-state index in [0.717, 1.165) is 41.1 Å². The summed E-state index contributed by atoms with van der Waals surface area (Å²) in [6.07, 6.45) is 2.09. The number of aromatic nitrogens is 4. The van der Waals surface area contributed by atoms with Crippen LogP contribution in [-0.4, -0.2) is 19.5 Å². The normalized spacial score (nSPS) is 11.5. The Hall–Kier alpha value is -2.63. The first-order valence-electron chi connectivity index (χ1n) is 7.92. The van der Waals surface area contributed by atoms with E-state index in [1.807, 2.05) is 19.1 Å². The highest BCUT2D eigenvalue weighted by Gasteiger charge is 2.16. The molecular weight excluding hydrogens is 288 g/mol. The molecule has 0 aromatic carbocycles. The zero-order valence-corrected chi connectivity index (χ0v) is 13.7. The molecule has 120 valence electrons. The standard InChI is InChI=1S/C17H22N6/c1-4-12(5-2)23-10(3)20-14-7-6-13(21-17(14)23)11-8-15(18)22-16(19)9-11/h6-9,12H,4-5H2,1-3H3,(H4,18,19,22). The van der Waals surface area contributed by atoms with Gasteiger partial charge in [0.1, 0.15) is 23.0 Å². The first-order valence-corrected chi connectivity index (χ1v) is 7.92. The summed E-state index contributed by atoms with van der Waals surface area (Å²) in [5.74, 6) is 1.78. The van der Waals surface area contributed by atoms with E-state index < -0.39 is 0 Å². The Morgan fingerprint density at radius 3 is 2.26 bits per heavy atom. The number of hydrogen-bond acceptors (Lipinski definition) is 5. The molecule has 6 nitrogen and oxygen atoms in total. The van der Waals surface area contributed by atoms with Crippen LogP contribution >= 0.6 is 0 Å². The highest BCUT2D eigenvalue weighted by Crippen LogP contribution is 2.27. The predicted molar refractivity (Wildman–Crippen MR) is 93.9 cm³/mol. The third-order valence-corrected chi connectivity index (χ3v) is 4.18. The zero-order chi connectivity index (χ0) is 16.6. The van der Waals surface area contributed by atoms with Crippen molar-refractivity contribution in [3.05, 3.63) is 30.1 Å². The lowest BCUT2D eigenvalue weighted by molar-refractivity contribution is 0.471. The van der Waals surface area contributed by atoms with Gasteiger partial charge >= 0.3 is 0 Å². The number of fused-ring (bicyclic) bond motifs is 1. The number of pyridine rings is 2. The quantitative estimate of drug-likeness (QED) is 0.770. The van der Waals surface area contributed by atoms with Crippen LogP contribution in [0.3, 0.4) is 0 Å². The van der Waals surface area contributed by atoms with E-state index in [4.69, 9.17) is 16.5 Å². The Kier molecular flexibility index (Phi) is 3.90. The molecule has 23 heavy (non-hydrogen) atoms. The molecule has 0 aliphatic rings. The Labute approximate surface area is 135 Å². The van der Waals surface area contributed by atoms with Gasteiger partial charge in [-0.3, -0.25) is 0 Å². The molecular formula is C17H22N6. The number of nitrogen functional groups attached to an aromatic ring is 2. The third-order valence-electron chi connectivity index (χ3n) is 4.18. The van der Waals surface area contributed by atoms with E-state index in [1.54, 1.807) is 12.1 Å². The van der Waals surface area contributed by atoms with Gasteiger partial charge in [-0.1, -0.05) is 13.8 Å². The minimum absolute atomic E-state index is 0.395. The minimum Gasteiger partial charge on any atom is -0.384 e. The fourth-order valence-electron chi connectivity index (χ4n) is 3.06. The predicted octanol–water partition coefficient (Wildman–Crippen LogP) is 3.33. The molecule has 0 spiro atoms. The van der Waals surface area contributed by atoms with E-state index in [-0.39, 0.29) is 0 Å². The van der Waals surface area contributed by atoms with Gasteiger partial charge in [0.15, 0.2) is 5.65 Å². The molecule has 3 heterocycles. The Bertz CT molecular complexity index is 827. The van der Waals surface area contributed by atoms with Crippen LogP contribution in [-0.2, 0) is 0 Å². The van der Waals surface area contributed by atoms with E-state index in [2.05, 4.69) is 28.4 Å². The summed E-state index contributed by atoms with van der Waals surface area (Å²) in [6, 6.07) is 7.91. The van der Waals surface area contributed by atoms with Crippen LogP contribution in [0.1, 0.15) is 38.6 Å². The van der Waals surface area contributed by atoms with Gasteiger partial charge in [0.2, 0.25) is 0 Å². The Morgan fingerprint density at radius 2 is 1.65 bits per heavy atom. The number of aryl methyl sites for hydroxylation is 1. The first kappa shape index (κ1) is 15.3. The lowest BCUT2D eigenvalue weighted by Gasteiger charge is -2.17. The molecule has 6 heteroatoms. The number of nitrogens with zero attached hydrogens (tertiary/aromatic N) is 4. The summed E-state index contributed by atoms with van der Waals surface area (Å²) in [4.78, 5) is 13.5. The summed E-state index contributed by atoms with van der Waals surface area (Å²) in [7, 11) is 0. The second kappa shape index (κ2) is 5.87. The van der Waals surface area contributed by atoms with E-state index in [1.165, 1.54) is 0 Å². The summed E-state index contributed by atoms with van der Waals surface area (Å²) >= 11 is 0. The number of imidazole rings is 1. The molecule has 0 saturated carbocycles. The molecule has 0 amide bonds. The van der Waals surface area contributed by atoms with Crippen molar-refractivity contribution in [3.8, 4) is 11.3 Å². The second-order valence-corrected chi connectivity index (χ2v) is 5.74. The van der Waals surface area contributed by atoms with Crippen LogP contribution in [0, 0.1) is 6.92 Å². The van der Waals surface area contributed by atoms with Crippen molar-refractivity contribution in [2.45, 2.75) is 39.7 Å². The molecule has 3 aromatic heterocycles. The fraction of sp³-hybridized carbons (Fsp3) is 0.353. The summed E-state index contributed by atoms with van der Waals surface area (Å²) in [6.45, 7) is 6.41. The highest BCUT2D eigenvalue weighted by atomic mass is 15.1. The highest BCUT2D eigenvalue weighted by molar-refractivity contribution is 5.77. The average molecular weight is 310 g/mol. The van der Waals surface area contributed by atoms with Crippen LogP contribution < -0.4 is 11.5 Å². The smallest absolute Gasteiger partial charge is 0.160 e. The maximum Gasteiger partial charge on any atom is 0.160 e. The van der Waals surface area contributed by atoms with Crippen LogP contribution in [0.5, 0.6) is 0 Å². The summed E-state index contributed by atoms with van der Waals surface area (Å²) in [5, 5.41) is 0. The van der Waals surface area contributed by atoms with Gasteiger partial charge in [0.05, 0.1) is 5.69 Å². The monoisotopic (exact) mass is 310 g/mol. The summed E-state index contributed by atoms with van der Waals surface area (Å²) in [5.41, 5.74) is 15.1. The number of anilines is 2. The van der Waals surface area contributed by atoms with Crippen molar-refractivity contribution in [1.29, 1.82) is 0 Å². The van der Waals surface area contributed by atoms with Gasteiger partial charge in [0.25, 0.3) is 0 Å². The van der Waals surface area contributed by atoms with Gasteiger partial charge < -0.3 is 16.0 Å². The number of hydrogen-bond donors (Lipinski definition) is 2. The lowest BCUT2D eigenvalue weighted by atomic mass is 10.1. The van der Waals surface area contributed by atoms with E-state index >= 15 is 0 Å². The molecule has 3 aromatic rings. The molecule has 0 bridgehead atoms. The van der Waals surface area contributed by atoms with Gasteiger partial charge in [0, 0.05) is 11.6 Å². The zero-order valence-electron chi connectivity index (χ0n) is 13.7. The van der Waals surface area contributed by atoms with Crippen LogP contribution in [0.4, 0.5) is 11.6 Å². The van der Waals surface area contributed by atoms with Gasteiger partial charge in [-0.2, -0.15) is 0 Å². The van der Waals surface area contributed by atoms with Crippen LogP contribution in [0.25, 0.3) is 22.4 Å². The molecule has 0 aliphatic carbocycles. The van der Waals surface area contributed by atoms with E-state index in [0.29, 0.717) is 17.7 Å². The van der Waals surface area contributed by atoms with Crippen molar-refractivity contribution < 1.29 is 0 Å². The largest absolute Gasteiger partial charge is 0.384 e. The molecule has 0 radical (unpaired) electrons. The second-order valence-electron chi connectivity index (χ2n) is 5.74. The molecule has 0 aliphatic heterocycles. The number of nitrogens with two attached hydrogens (primary N) is 2. The minimum atomic E-state index is 0.395. The van der Waals surface area contributed by atoms with E-state index in [9.17, 15) is 0 Å².